The monoisotopic (exact) mass is 537 g/mol. The second kappa shape index (κ2) is 9.41. The number of alkyl halides is 3. The first kappa shape index (κ1) is 25.4. The van der Waals surface area contributed by atoms with Gasteiger partial charge < -0.3 is 15.4 Å². The van der Waals surface area contributed by atoms with Crippen LogP contribution < -0.4 is 15.5 Å². The summed E-state index contributed by atoms with van der Waals surface area (Å²) in [6, 6.07) is 4.82. The van der Waals surface area contributed by atoms with E-state index in [1.165, 1.54) is 11.0 Å². The summed E-state index contributed by atoms with van der Waals surface area (Å²) in [5.74, 6) is -1.09. The van der Waals surface area contributed by atoms with Gasteiger partial charge in [-0.1, -0.05) is 11.6 Å². The summed E-state index contributed by atoms with van der Waals surface area (Å²) in [6.45, 7) is 0.000539. The molecule has 35 heavy (non-hydrogen) atoms. The molecule has 1 atom stereocenters. The third kappa shape index (κ3) is 5.15. The van der Waals surface area contributed by atoms with Gasteiger partial charge in [0.05, 0.1) is 17.8 Å². The highest BCUT2D eigenvalue weighted by Gasteiger charge is 2.36. The third-order valence-electron chi connectivity index (χ3n) is 5.65. The van der Waals surface area contributed by atoms with E-state index in [4.69, 9.17) is 22.1 Å². The molecule has 2 saturated heterocycles. The Kier molecular flexibility index (Phi) is 6.83. The average molecular weight is 538 g/mol. The van der Waals surface area contributed by atoms with Crippen molar-refractivity contribution in [1.82, 2.24) is 9.29 Å². The van der Waals surface area contributed by atoms with Crippen LogP contribution in [0.15, 0.2) is 35.2 Å². The quantitative estimate of drug-likeness (QED) is 0.461. The Morgan fingerprint density at radius 3 is 2.40 bits per heavy atom. The number of anilines is 2. The molecular weight excluding hydrogens is 518 g/mol. The Morgan fingerprint density at radius 1 is 1.14 bits per heavy atom. The highest BCUT2D eigenvalue weighted by molar-refractivity contribution is 7.89. The third-order valence-corrected chi connectivity index (χ3v) is 7.78. The summed E-state index contributed by atoms with van der Waals surface area (Å²) in [6.07, 6.45) is -5.88. The number of ether oxygens (including phenoxy) is 1. The molecule has 1 aromatic carbocycles. The number of carbonyl (C=O) groups excluding carboxylic acids is 1. The minimum atomic E-state index is -4.62. The number of hydrogen-bond acceptors (Lipinski definition) is 7. The summed E-state index contributed by atoms with van der Waals surface area (Å²) >= 11 is 5.73. The smallest absolute Gasteiger partial charge is 0.416 e. The van der Waals surface area contributed by atoms with Crippen molar-refractivity contribution in [3.63, 3.8) is 0 Å². The van der Waals surface area contributed by atoms with Crippen LogP contribution >= 0.6 is 11.6 Å². The van der Waals surface area contributed by atoms with Crippen LogP contribution in [-0.4, -0.2) is 69.2 Å². The molecule has 2 N–H and O–H groups in total. The lowest BCUT2D eigenvalue weighted by Crippen LogP contribution is -2.49. The molecule has 0 saturated carbocycles. The Hall–Kier alpha value is -2.68. The normalized spacial score (nSPS) is 19.8. The Balaban J connectivity index is 1.49. The van der Waals surface area contributed by atoms with Crippen LogP contribution in [0.3, 0.4) is 0 Å². The number of cyclic esters (lactones) is 1. The predicted molar refractivity (Wildman–Crippen MR) is 118 cm³/mol. The van der Waals surface area contributed by atoms with Gasteiger partial charge in [0.2, 0.25) is 10.0 Å². The van der Waals surface area contributed by atoms with Crippen molar-refractivity contribution in [2.45, 2.75) is 17.2 Å². The maximum atomic E-state index is 14.9. The van der Waals surface area contributed by atoms with Crippen LogP contribution in [0.2, 0.25) is 5.15 Å². The van der Waals surface area contributed by atoms with Crippen LogP contribution in [-0.2, 0) is 20.9 Å². The molecule has 2 aliphatic heterocycles. The van der Waals surface area contributed by atoms with Crippen LogP contribution in [0, 0.1) is 5.82 Å². The number of benzene rings is 1. The van der Waals surface area contributed by atoms with E-state index in [9.17, 15) is 30.8 Å². The van der Waals surface area contributed by atoms with Gasteiger partial charge in [-0.3, -0.25) is 4.90 Å². The number of carbonyl (C=O) groups is 1. The summed E-state index contributed by atoms with van der Waals surface area (Å²) in [5.41, 5.74) is 4.64. The second-order valence-corrected chi connectivity index (χ2v) is 10.2. The SMILES string of the molecule is NCC1CN(c2ccc(S(=O)(=O)N3CCN(c4cc(C(F)(F)F)cc(Cl)n4)CC3)c(F)c2)C(=O)O1. The fourth-order valence-electron chi connectivity index (χ4n) is 3.83. The van der Waals surface area contributed by atoms with E-state index in [0.717, 1.165) is 27.4 Å². The maximum Gasteiger partial charge on any atom is 0.416 e. The zero-order valence-electron chi connectivity index (χ0n) is 18.0. The first-order chi connectivity index (χ1) is 16.4. The second-order valence-electron chi connectivity index (χ2n) is 7.89. The molecule has 0 bridgehead atoms. The molecule has 2 aromatic rings. The number of nitrogens with zero attached hydrogens (tertiary/aromatic N) is 4. The van der Waals surface area contributed by atoms with Gasteiger partial charge >= 0.3 is 12.3 Å². The van der Waals surface area contributed by atoms with Gasteiger partial charge in [-0.2, -0.15) is 17.5 Å². The molecule has 1 unspecified atom stereocenters. The van der Waals surface area contributed by atoms with Crippen molar-refractivity contribution >= 4 is 39.2 Å². The number of pyridine rings is 1. The van der Waals surface area contributed by atoms with E-state index >= 15 is 0 Å². The van der Waals surface area contributed by atoms with Crippen LogP contribution in [0.5, 0.6) is 0 Å². The van der Waals surface area contributed by atoms with Gasteiger partial charge in [-0.25, -0.2) is 22.6 Å². The largest absolute Gasteiger partial charge is 0.443 e. The van der Waals surface area contributed by atoms with Gasteiger partial charge in [-0.15, -0.1) is 0 Å². The van der Waals surface area contributed by atoms with E-state index in [-0.39, 0.29) is 55.9 Å². The van der Waals surface area contributed by atoms with E-state index in [0.29, 0.717) is 6.07 Å². The number of nitrogens with two attached hydrogens (primary N) is 1. The number of amides is 1. The minimum absolute atomic E-state index is 0.0175. The van der Waals surface area contributed by atoms with Gasteiger partial charge in [0.1, 0.15) is 27.8 Å². The van der Waals surface area contributed by atoms with Crippen molar-refractivity contribution < 1.29 is 35.5 Å². The summed E-state index contributed by atoms with van der Waals surface area (Å²) < 4.78 is 86.2. The predicted octanol–water partition coefficient (Wildman–Crippen LogP) is 2.69. The lowest BCUT2D eigenvalue weighted by atomic mass is 10.2. The number of piperazine rings is 1. The van der Waals surface area contributed by atoms with Crippen LogP contribution in [0.4, 0.5) is 33.9 Å². The molecule has 2 aliphatic rings. The number of hydrogen-bond donors (Lipinski definition) is 1. The Bertz CT molecular complexity index is 1240. The van der Waals surface area contributed by atoms with Crippen molar-refractivity contribution in [3.05, 3.63) is 46.9 Å². The van der Waals surface area contributed by atoms with Crippen molar-refractivity contribution in [1.29, 1.82) is 0 Å². The van der Waals surface area contributed by atoms with Gasteiger partial charge in [0, 0.05) is 32.7 Å². The van der Waals surface area contributed by atoms with Crippen LogP contribution in [0.1, 0.15) is 5.56 Å². The highest BCUT2D eigenvalue weighted by atomic mass is 35.5. The minimum Gasteiger partial charge on any atom is -0.443 e. The molecule has 2 fully saturated rings. The topological polar surface area (TPSA) is 109 Å². The van der Waals surface area contributed by atoms with E-state index in [1.807, 2.05) is 0 Å². The Morgan fingerprint density at radius 2 is 1.83 bits per heavy atom. The summed E-state index contributed by atoms with van der Waals surface area (Å²) in [4.78, 5) is 17.9. The lowest BCUT2D eigenvalue weighted by molar-refractivity contribution is -0.137. The molecular formula is C20H20ClF4N5O4S. The average Bonchev–Trinajstić information content (AvgIpc) is 3.18. The number of sulfonamides is 1. The molecule has 1 amide bonds. The first-order valence-corrected chi connectivity index (χ1v) is 12.2. The maximum absolute atomic E-state index is 14.9. The van der Waals surface area contributed by atoms with Crippen molar-refractivity contribution in [3.8, 4) is 0 Å². The molecule has 4 rings (SSSR count). The van der Waals surface area contributed by atoms with Gasteiger partial charge in [0.15, 0.2) is 0 Å². The first-order valence-electron chi connectivity index (χ1n) is 10.4. The molecule has 0 radical (unpaired) electrons. The molecule has 1 aromatic heterocycles. The van der Waals surface area contributed by atoms with Gasteiger partial charge in [-0.05, 0) is 30.3 Å². The molecule has 3 heterocycles. The Labute approximate surface area is 203 Å². The fourth-order valence-corrected chi connectivity index (χ4v) is 5.50. The molecule has 0 aliphatic carbocycles. The lowest BCUT2D eigenvalue weighted by Gasteiger charge is -2.35. The molecule has 0 spiro atoms. The zero-order chi connectivity index (χ0) is 25.5. The zero-order valence-corrected chi connectivity index (χ0v) is 19.6. The fraction of sp³-hybridized carbons (Fsp3) is 0.400. The van der Waals surface area contributed by atoms with E-state index in [1.54, 1.807) is 0 Å². The number of aromatic nitrogens is 1. The molecule has 190 valence electrons. The standard InChI is InChI=1S/C20H20ClF4N5O4S/c21-17-7-12(20(23,24)25)8-18(27-17)28-3-5-29(6-4-28)35(32,33)16-2-1-13(9-15(16)22)30-11-14(10-26)34-19(30)31/h1-2,7-9,14H,3-6,10-11,26H2. The number of rotatable bonds is 5. The summed E-state index contributed by atoms with van der Waals surface area (Å²) in [5, 5.41) is -0.341. The van der Waals surface area contributed by atoms with Crippen molar-refractivity contribution in [2.24, 2.45) is 5.73 Å². The van der Waals surface area contributed by atoms with E-state index in [2.05, 4.69) is 4.98 Å². The molecule has 9 nitrogen and oxygen atoms in total. The molecule has 15 heteroatoms. The highest BCUT2D eigenvalue weighted by Crippen LogP contribution is 2.33. The van der Waals surface area contributed by atoms with Crippen LogP contribution in [0.25, 0.3) is 0 Å². The van der Waals surface area contributed by atoms with Crippen molar-refractivity contribution in [2.75, 3.05) is 49.1 Å². The van der Waals surface area contributed by atoms with Gasteiger partial charge in [0.25, 0.3) is 0 Å². The number of halogens is 5. The van der Waals surface area contributed by atoms with E-state index < -0.39 is 44.7 Å². The summed E-state index contributed by atoms with van der Waals surface area (Å²) in [7, 11) is -4.26.